The van der Waals surface area contributed by atoms with E-state index in [0.29, 0.717) is 6.61 Å². The summed E-state index contributed by atoms with van der Waals surface area (Å²) in [6, 6.07) is 0. The van der Waals surface area contributed by atoms with Gasteiger partial charge in [0.05, 0.1) is 6.20 Å². The number of aliphatic hydroxyl groups is 1. The van der Waals surface area contributed by atoms with Crippen LogP contribution in [-0.2, 0) is 6.42 Å². The Balaban J connectivity index is 1.90. The molecule has 1 heterocycles. The average molecular weight is 183 g/mol. The highest BCUT2D eigenvalue weighted by atomic mass is 16.3. The van der Waals surface area contributed by atoms with Crippen LogP contribution in [0, 0.1) is 0 Å². The number of aliphatic hydroxyl groups excluding tert-OH is 1. The predicted octanol–water partition coefficient (Wildman–Crippen LogP) is 2.16. The molecule has 0 fully saturated rings. The first-order valence-corrected chi connectivity index (χ1v) is 4.92. The standard InChI is InChI=1S/C10H17NO2/c12-8-5-3-1-2-4-6-10-11-7-9-13-10/h7,9,12H,1-6,8H2. The van der Waals surface area contributed by atoms with Gasteiger partial charge in [0, 0.05) is 13.0 Å². The summed E-state index contributed by atoms with van der Waals surface area (Å²) in [4.78, 5) is 4.04. The molecule has 1 N–H and O–H groups in total. The van der Waals surface area contributed by atoms with Gasteiger partial charge in [0.25, 0.3) is 0 Å². The Morgan fingerprint density at radius 1 is 1.15 bits per heavy atom. The van der Waals surface area contributed by atoms with Gasteiger partial charge in [-0.3, -0.25) is 0 Å². The van der Waals surface area contributed by atoms with Crippen LogP contribution >= 0.6 is 0 Å². The molecular weight excluding hydrogens is 166 g/mol. The van der Waals surface area contributed by atoms with Gasteiger partial charge in [-0.2, -0.15) is 0 Å². The summed E-state index contributed by atoms with van der Waals surface area (Å²) >= 11 is 0. The zero-order chi connectivity index (χ0) is 9.36. The van der Waals surface area contributed by atoms with Crippen LogP contribution in [0.25, 0.3) is 0 Å². The van der Waals surface area contributed by atoms with Crippen LogP contribution in [0.4, 0.5) is 0 Å². The molecule has 0 radical (unpaired) electrons. The summed E-state index contributed by atoms with van der Waals surface area (Å²) in [6.45, 7) is 0.319. The molecule has 1 rings (SSSR count). The minimum atomic E-state index is 0.319. The lowest BCUT2D eigenvalue weighted by Crippen LogP contribution is -1.87. The largest absolute Gasteiger partial charge is 0.449 e. The summed E-state index contributed by atoms with van der Waals surface area (Å²) in [7, 11) is 0. The summed E-state index contributed by atoms with van der Waals surface area (Å²) < 4.78 is 5.11. The molecule has 74 valence electrons. The Morgan fingerprint density at radius 3 is 2.62 bits per heavy atom. The molecular formula is C10H17NO2. The van der Waals surface area contributed by atoms with Crippen molar-refractivity contribution in [2.75, 3.05) is 6.61 Å². The van der Waals surface area contributed by atoms with Gasteiger partial charge in [0.15, 0.2) is 5.89 Å². The second-order valence-corrected chi connectivity index (χ2v) is 3.17. The second kappa shape index (κ2) is 6.66. The van der Waals surface area contributed by atoms with Gasteiger partial charge >= 0.3 is 0 Å². The molecule has 0 saturated heterocycles. The summed E-state index contributed by atoms with van der Waals surface area (Å²) in [5.74, 6) is 0.835. The highest BCUT2D eigenvalue weighted by molar-refractivity contribution is 4.79. The van der Waals surface area contributed by atoms with Crippen LogP contribution in [0.5, 0.6) is 0 Å². The molecule has 0 aliphatic rings. The zero-order valence-corrected chi connectivity index (χ0v) is 7.91. The van der Waals surface area contributed by atoms with Crippen LogP contribution in [0.2, 0.25) is 0 Å². The first-order valence-electron chi connectivity index (χ1n) is 4.92. The van der Waals surface area contributed by atoms with Gasteiger partial charge in [0.1, 0.15) is 6.26 Å². The van der Waals surface area contributed by atoms with Crippen molar-refractivity contribution in [3.63, 3.8) is 0 Å². The SMILES string of the molecule is OCCCCCCCc1ncco1. The van der Waals surface area contributed by atoms with E-state index >= 15 is 0 Å². The fourth-order valence-corrected chi connectivity index (χ4v) is 1.29. The fourth-order valence-electron chi connectivity index (χ4n) is 1.29. The van der Waals surface area contributed by atoms with Gasteiger partial charge in [-0.15, -0.1) is 0 Å². The van der Waals surface area contributed by atoms with E-state index in [9.17, 15) is 0 Å². The number of oxazole rings is 1. The van der Waals surface area contributed by atoms with Crippen molar-refractivity contribution in [2.24, 2.45) is 0 Å². The molecule has 3 heteroatoms. The predicted molar refractivity (Wildman–Crippen MR) is 50.4 cm³/mol. The third-order valence-corrected chi connectivity index (χ3v) is 2.03. The maximum Gasteiger partial charge on any atom is 0.193 e. The van der Waals surface area contributed by atoms with Gasteiger partial charge in [0.2, 0.25) is 0 Å². The van der Waals surface area contributed by atoms with Gasteiger partial charge < -0.3 is 9.52 Å². The quantitative estimate of drug-likeness (QED) is 0.659. The monoisotopic (exact) mass is 183 g/mol. The van der Waals surface area contributed by atoms with Gasteiger partial charge in [-0.05, 0) is 12.8 Å². The first-order chi connectivity index (χ1) is 6.43. The van der Waals surface area contributed by atoms with Crippen molar-refractivity contribution < 1.29 is 9.52 Å². The van der Waals surface area contributed by atoms with Crippen LogP contribution < -0.4 is 0 Å². The number of unbranched alkanes of at least 4 members (excludes halogenated alkanes) is 4. The zero-order valence-electron chi connectivity index (χ0n) is 7.91. The molecule has 13 heavy (non-hydrogen) atoms. The van der Waals surface area contributed by atoms with Crippen LogP contribution in [0.1, 0.15) is 38.0 Å². The Labute approximate surface area is 78.8 Å². The van der Waals surface area contributed by atoms with E-state index in [4.69, 9.17) is 9.52 Å². The van der Waals surface area contributed by atoms with E-state index in [1.165, 1.54) is 12.8 Å². The number of hydrogen-bond acceptors (Lipinski definition) is 3. The topological polar surface area (TPSA) is 46.3 Å². The smallest absolute Gasteiger partial charge is 0.193 e. The van der Waals surface area contributed by atoms with E-state index in [0.717, 1.165) is 31.6 Å². The first kappa shape index (κ1) is 10.3. The maximum atomic E-state index is 8.55. The van der Waals surface area contributed by atoms with Gasteiger partial charge in [-0.25, -0.2) is 4.98 Å². The van der Waals surface area contributed by atoms with Crippen molar-refractivity contribution >= 4 is 0 Å². The minimum Gasteiger partial charge on any atom is -0.449 e. The third kappa shape index (κ3) is 4.68. The highest BCUT2D eigenvalue weighted by Crippen LogP contribution is 2.06. The molecule has 1 aromatic rings. The van der Waals surface area contributed by atoms with Crippen LogP contribution in [0.15, 0.2) is 16.9 Å². The van der Waals surface area contributed by atoms with Crippen LogP contribution in [0.3, 0.4) is 0 Å². The third-order valence-electron chi connectivity index (χ3n) is 2.03. The molecule has 3 nitrogen and oxygen atoms in total. The number of aromatic nitrogens is 1. The second-order valence-electron chi connectivity index (χ2n) is 3.17. The van der Waals surface area contributed by atoms with Crippen molar-refractivity contribution in [3.05, 3.63) is 18.4 Å². The summed E-state index contributed by atoms with van der Waals surface area (Å²) in [5, 5.41) is 8.55. The van der Waals surface area contributed by atoms with Crippen LogP contribution in [-0.4, -0.2) is 16.7 Å². The Kier molecular flexibility index (Phi) is 5.25. The molecule has 0 amide bonds. The van der Waals surface area contributed by atoms with E-state index in [1.807, 2.05) is 0 Å². The number of nitrogens with zero attached hydrogens (tertiary/aromatic N) is 1. The number of rotatable bonds is 7. The number of aryl methyl sites for hydroxylation is 1. The lowest BCUT2D eigenvalue weighted by molar-refractivity contribution is 0.282. The van der Waals surface area contributed by atoms with E-state index in [1.54, 1.807) is 12.5 Å². The van der Waals surface area contributed by atoms with E-state index in [-0.39, 0.29) is 0 Å². The molecule has 0 aromatic carbocycles. The molecule has 0 aliphatic heterocycles. The Morgan fingerprint density at radius 2 is 1.92 bits per heavy atom. The molecule has 0 atom stereocenters. The summed E-state index contributed by atoms with van der Waals surface area (Å²) in [5.41, 5.74) is 0. The highest BCUT2D eigenvalue weighted by Gasteiger charge is 1.96. The average Bonchev–Trinajstić information content (AvgIpc) is 2.63. The lowest BCUT2D eigenvalue weighted by Gasteiger charge is -1.97. The fraction of sp³-hybridized carbons (Fsp3) is 0.700. The molecule has 1 aromatic heterocycles. The molecule has 0 saturated carbocycles. The summed E-state index contributed by atoms with van der Waals surface area (Å²) in [6.07, 6.45) is 9.81. The number of hydrogen-bond donors (Lipinski definition) is 1. The van der Waals surface area contributed by atoms with Crippen molar-refractivity contribution in [1.29, 1.82) is 0 Å². The van der Waals surface area contributed by atoms with E-state index in [2.05, 4.69) is 4.98 Å². The Bertz CT molecular complexity index is 197. The molecule has 0 unspecified atom stereocenters. The van der Waals surface area contributed by atoms with E-state index < -0.39 is 0 Å². The van der Waals surface area contributed by atoms with Crippen molar-refractivity contribution in [1.82, 2.24) is 4.98 Å². The Hall–Kier alpha value is -0.830. The van der Waals surface area contributed by atoms with Crippen molar-refractivity contribution in [3.8, 4) is 0 Å². The van der Waals surface area contributed by atoms with Gasteiger partial charge in [-0.1, -0.05) is 19.3 Å². The molecule has 0 spiro atoms. The lowest BCUT2D eigenvalue weighted by atomic mass is 10.1. The normalized spacial score (nSPS) is 10.5. The molecule has 0 aliphatic carbocycles. The van der Waals surface area contributed by atoms with Crippen molar-refractivity contribution in [2.45, 2.75) is 38.5 Å². The maximum absolute atomic E-state index is 8.55. The molecule has 0 bridgehead atoms. The minimum absolute atomic E-state index is 0.319.